The van der Waals surface area contributed by atoms with Gasteiger partial charge in [-0.05, 0) is 13.8 Å². The molecule has 1 rings (SSSR count). The smallest absolute Gasteiger partial charge is 0.239 e. The average Bonchev–Trinajstić information content (AvgIpc) is 2.39. The SMILES string of the molecule is CN=C(NCC(=O)NC(C)C)N1CCOC(COC)C1.I. The van der Waals surface area contributed by atoms with Gasteiger partial charge in [0.05, 0.1) is 25.9 Å². The number of halogens is 1. The number of amides is 1. The Morgan fingerprint density at radius 2 is 2.24 bits per heavy atom. The van der Waals surface area contributed by atoms with E-state index >= 15 is 0 Å². The summed E-state index contributed by atoms with van der Waals surface area (Å²) in [6.07, 6.45) is 0.0387. The van der Waals surface area contributed by atoms with Gasteiger partial charge in [0, 0.05) is 33.3 Å². The summed E-state index contributed by atoms with van der Waals surface area (Å²) in [7, 11) is 3.37. The van der Waals surface area contributed by atoms with Crippen molar-refractivity contribution in [2.45, 2.75) is 26.0 Å². The summed E-state index contributed by atoms with van der Waals surface area (Å²) in [6.45, 7) is 6.74. The van der Waals surface area contributed by atoms with Crippen LogP contribution in [0.4, 0.5) is 0 Å². The summed E-state index contributed by atoms with van der Waals surface area (Å²) >= 11 is 0. The molecule has 1 unspecified atom stereocenters. The molecule has 1 fully saturated rings. The van der Waals surface area contributed by atoms with Crippen LogP contribution in [0.1, 0.15) is 13.8 Å². The van der Waals surface area contributed by atoms with Crippen molar-refractivity contribution in [2.24, 2.45) is 4.99 Å². The van der Waals surface area contributed by atoms with E-state index in [2.05, 4.69) is 20.5 Å². The van der Waals surface area contributed by atoms with Crippen LogP contribution in [0.25, 0.3) is 0 Å². The van der Waals surface area contributed by atoms with Crippen molar-refractivity contribution in [1.82, 2.24) is 15.5 Å². The minimum absolute atomic E-state index is 0. The zero-order chi connectivity index (χ0) is 15.0. The van der Waals surface area contributed by atoms with Crippen molar-refractivity contribution in [2.75, 3.05) is 47.0 Å². The molecule has 7 nitrogen and oxygen atoms in total. The van der Waals surface area contributed by atoms with Gasteiger partial charge in [0.1, 0.15) is 0 Å². The molecule has 1 aliphatic rings. The van der Waals surface area contributed by atoms with E-state index in [9.17, 15) is 4.79 Å². The van der Waals surface area contributed by atoms with Gasteiger partial charge in [0.2, 0.25) is 5.91 Å². The van der Waals surface area contributed by atoms with Crippen molar-refractivity contribution in [3.8, 4) is 0 Å². The minimum atomic E-state index is -0.0390. The number of aliphatic imine (C=N–C) groups is 1. The number of carbonyl (C=O) groups excluding carboxylic acids is 1. The number of ether oxygens (including phenoxy) is 2. The van der Waals surface area contributed by atoms with Gasteiger partial charge in [-0.3, -0.25) is 9.79 Å². The van der Waals surface area contributed by atoms with Crippen LogP contribution in [0.15, 0.2) is 4.99 Å². The summed E-state index contributed by atoms with van der Waals surface area (Å²) in [5.41, 5.74) is 0. The normalized spacial score (nSPS) is 19.2. The second kappa shape index (κ2) is 11.0. The zero-order valence-electron chi connectivity index (χ0n) is 13.2. The highest BCUT2D eigenvalue weighted by atomic mass is 127. The van der Waals surface area contributed by atoms with E-state index in [1.54, 1.807) is 14.2 Å². The first-order valence-electron chi connectivity index (χ1n) is 6.92. The van der Waals surface area contributed by atoms with Crippen LogP contribution in [-0.4, -0.2) is 75.9 Å². The third-order valence-corrected chi connectivity index (χ3v) is 2.86. The summed E-state index contributed by atoms with van der Waals surface area (Å²) in [4.78, 5) is 17.9. The van der Waals surface area contributed by atoms with E-state index in [-0.39, 0.29) is 48.6 Å². The van der Waals surface area contributed by atoms with Crippen molar-refractivity contribution in [3.63, 3.8) is 0 Å². The van der Waals surface area contributed by atoms with E-state index in [1.807, 2.05) is 13.8 Å². The molecule has 0 radical (unpaired) electrons. The molecule has 21 heavy (non-hydrogen) atoms. The number of morpholine rings is 1. The molecule has 0 aromatic heterocycles. The fraction of sp³-hybridized carbons (Fsp3) is 0.846. The third kappa shape index (κ3) is 7.82. The van der Waals surface area contributed by atoms with Crippen LogP contribution in [0.5, 0.6) is 0 Å². The molecule has 0 aromatic rings. The van der Waals surface area contributed by atoms with Gasteiger partial charge in [-0.1, -0.05) is 0 Å². The maximum atomic E-state index is 11.6. The molecule has 8 heteroatoms. The molecule has 124 valence electrons. The van der Waals surface area contributed by atoms with Crippen LogP contribution < -0.4 is 10.6 Å². The van der Waals surface area contributed by atoms with Crippen molar-refractivity contribution in [3.05, 3.63) is 0 Å². The van der Waals surface area contributed by atoms with E-state index in [0.717, 1.165) is 6.54 Å². The van der Waals surface area contributed by atoms with E-state index in [0.29, 0.717) is 25.7 Å². The Morgan fingerprint density at radius 1 is 1.52 bits per heavy atom. The Kier molecular flexibility index (Phi) is 10.7. The molecule has 1 aliphatic heterocycles. The Labute approximate surface area is 143 Å². The highest BCUT2D eigenvalue weighted by molar-refractivity contribution is 14.0. The number of carbonyl (C=O) groups is 1. The van der Waals surface area contributed by atoms with Gasteiger partial charge >= 0.3 is 0 Å². The highest BCUT2D eigenvalue weighted by Crippen LogP contribution is 2.05. The van der Waals surface area contributed by atoms with Crippen LogP contribution in [0.2, 0.25) is 0 Å². The second-order valence-electron chi connectivity index (χ2n) is 5.02. The van der Waals surface area contributed by atoms with Gasteiger partial charge in [-0.2, -0.15) is 0 Å². The Bertz CT molecular complexity index is 337. The number of nitrogens with one attached hydrogen (secondary N) is 2. The predicted molar refractivity (Wildman–Crippen MR) is 93.2 cm³/mol. The molecule has 0 bridgehead atoms. The van der Waals surface area contributed by atoms with Gasteiger partial charge < -0.3 is 25.0 Å². The molecule has 1 atom stereocenters. The summed E-state index contributed by atoms with van der Waals surface area (Å²) < 4.78 is 10.7. The lowest BCUT2D eigenvalue weighted by molar-refractivity contribution is -0.120. The first-order chi connectivity index (χ1) is 9.56. The van der Waals surface area contributed by atoms with E-state index in [1.165, 1.54) is 0 Å². The average molecular weight is 414 g/mol. The fourth-order valence-corrected chi connectivity index (χ4v) is 2.06. The van der Waals surface area contributed by atoms with Gasteiger partial charge in [-0.25, -0.2) is 0 Å². The van der Waals surface area contributed by atoms with Crippen LogP contribution in [0, 0.1) is 0 Å². The number of rotatable bonds is 5. The first-order valence-corrected chi connectivity index (χ1v) is 6.92. The lowest BCUT2D eigenvalue weighted by atomic mass is 10.3. The third-order valence-electron chi connectivity index (χ3n) is 2.86. The summed E-state index contributed by atoms with van der Waals surface area (Å²) in [5, 5.41) is 5.91. The first kappa shape index (κ1) is 20.4. The lowest BCUT2D eigenvalue weighted by Gasteiger charge is -2.34. The molecule has 1 heterocycles. The standard InChI is InChI=1S/C13H26N4O3.HI/c1-10(2)16-12(18)7-15-13(14-3)17-5-6-20-11(8-17)9-19-4;/h10-11H,5-9H2,1-4H3,(H,14,15)(H,16,18);1H. The van der Waals surface area contributed by atoms with E-state index < -0.39 is 0 Å². The number of nitrogens with zero attached hydrogens (tertiary/aromatic N) is 2. The van der Waals surface area contributed by atoms with Crippen LogP contribution in [-0.2, 0) is 14.3 Å². The van der Waals surface area contributed by atoms with Gasteiger partial charge in [0.25, 0.3) is 0 Å². The van der Waals surface area contributed by atoms with Crippen LogP contribution >= 0.6 is 24.0 Å². The number of methoxy groups -OCH3 is 1. The van der Waals surface area contributed by atoms with Gasteiger partial charge in [-0.15, -0.1) is 24.0 Å². The number of hydrogen-bond donors (Lipinski definition) is 2. The fourth-order valence-electron chi connectivity index (χ4n) is 2.06. The molecular weight excluding hydrogens is 387 g/mol. The predicted octanol–water partition coefficient (Wildman–Crippen LogP) is 0.0516. The van der Waals surface area contributed by atoms with E-state index in [4.69, 9.17) is 9.47 Å². The Balaban J connectivity index is 0.00000400. The number of hydrogen-bond acceptors (Lipinski definition) is 4. The molecule has 1 amide bonds. The lowest BCUT2D eigenvalue weighted by Crippen LogP contribution is -2.53. The molecule has 1 saturated heterocycles. The van der Waals surface area contributed by atoms with Gasteiger partial charge in [0.15, 0.2) is 5.96 Å². The maximum Gasteiger partial charge on any atom is 0.239 e. The second-order valence-corrected chi connectivity index (χ2v) is 5.02. The number of guanidine groups is 1. The monoisotopic (exact) mass is 414 g/mol. The van der Waals surface area contributed by atoms with Crippen molar-refractivity contribution in [1.29, 1.82) is 0 Å². The quantitative estimate of drug-likeness (QED) is 0.378. The van der Waals surface area contributed by atoms with Crippen molar-refractivity contribution < 1.29 is 14.3 Å². The zero-order valence-corrected chi connectivity index (χ0v) is 15.5. The largest absolute Gasteiger partial charge is 0.382 e. The van der Waals surface area contributed by atoms with Crippen LogP contribution in [0.3, 0.4) is 0 Å². The molecule has 0 aromatic carbocycles. The topological polar surface area (TPSA) is 75.2 Å². The summed E-state index contributed by atoms with van der Waals surface area (Å²) in [6, 6.07) is 0.140. The Hall–Kier alpha value is -0.610. The molecule has 0 saturated carbocycles. The van der Waals surface area contributed by atoms with Crippen molar-refractivity contribution >= 4 is 35.8 Å². The maximum absolute atomic E-state index is 11.6. The summed E-state index contributed by atoms with van der Waals surface area (Å²) in [5.74, 6) is 0.677. The molecule has 0 spiro atoms. The molecular formula is C13H27IN4O3. The molecule has 2 N–H and O–H groups in total. The Morgan fingerprint density at radius 3 is 2.81 bits per heavy atom. The molecule has 0 aliphatic carbocycles. The minimum Gasteiger partial charge on any atom is -0.382 e. The highest BCUT2D eigenvalue weighted by Gasteiger charge is 2.22.